The van der Waals surface area contributed by atoms with Crippen molar-refractivity contribution in [3.05, 3.63) is 65.7 Å². The number of aromatic amines is 1. The van der Waals surface area contributed by atoms with Gasteiger partial charge in [0.25, 0.3) is 5.91 Å². The molecule has 0 aliphatic carbocycles. The summed E-state index contributed by atoms with van der Waals surface area (Å²) in [4.78, 5) is 16.8. The molecule has 2 N–H and O–H groups in total. The van der Waals surface area contributed by atoms with Gasteiger partial charge in [-0.15, -0.1) is 0 Å². The maximum Gasteiger partial charge on any atom is 0.257 e. The second-order valence-corrected chi connectivity index (χ2v) is 6.46. The highest BCUT2D eigenvalue weighted by Crippen LogP contribution is 2.33. The van der Waals surface area contributed by atoms with E-state index in [1.165, 1.54) is 11.3 Å². The first-order chi connectivity index (χ1) is 11.7. The lowest BCUT2D eigenvalue weighted by Gasteiger charge is -2.02. The highest BCUT2D eigenvalue weighted by Gasteiger charge is 2.15. The van der Waals surface area contributed by atoms with Crippen LogP contribution in [-0.4, -0.2) is 21.1 Å². The Bertz CT molecular complexity index is 1020. The number of benzene rings is 2. The lowest BCUT2D eigenvalue weighted by Crippen LogP contribution is -2.11. The third kappa shape index (κ3) is 2.68. The molecule has 0 radical (unpaired) electrons. The number of H-pyrrole nitrogens is 1. The zero-order chi connectivity index (χ0) is 16.5. The van der Waals surface area contributed by atoms with E-state index < -0.39 is 0 Å². The highest BCUT2D eigenvalue weighted by molar-refractivity contribution is 7.22. The lowest BCUT2D eigenvalue weighted by atomic mass is 10.1. The maximum absolute atomic E-state index is 12.3. The molecule has 2 aromatic carbocycles. The Kier molecular flexibility index (Phi) is 3.59. The molecule has 0 aliphatic heterocycles. The van der Waals surface area contributed by atoms with E-state index in [0.29, 0.717) is 16.3 Å². The number of hydrogen-bond acceptors (Lipinski definition) is 4. The fourth-order valence-corrected chi connectivity index (χ4v) is 3.44. The van der Waals surface area contributed by atoms with Gasteiger partial charge < -0.3 is 0 Å². The molecule has 2 heterocycles. The number of nitrogens with zero attached hydrogens (tertiary/aromatic N) is 2. The topological polar surface area (TPSA) is 70.7 Å². The zero-order valence-electron chi connectivity index (χ0n) is 12.9. The Morgan fingerprint density at radius 3 is 2.75 bits per heavy atom. The van der Waals surface area contributed by atoms with Gasteiger partial charge in [0.05, 0.1) is 0 Å². The molecular formula is C18H14N4OS. The number of hydrogen-bond donors (Lipinski definition) is 2. The summed E-state index contributed by atoms with van der Waals surface area (Å²) >= 11 is 1.42. The number of carbonyl (C=O) groups is 1. The number of amides is 1. The first-order valence-electron chi connectivity index (χ1n) is 7.49. The minimum absolute atomic E-state index is 0.163. The van der Waals surface area contributed by atoms with Gasteiger partial charge >= 0.3 is 0 Å². The zero-order valence-corrected chi connectivity index (χ0v) is 13.7. The second kappa shape index (κ2) is 5.90. The SMILES string of the molecule is Cc1cccc(C(=O)Nc2nc3[nH]nc(-c4ccccc4)c3s2)c1. The predicted molar refractivity (Wildman–Crippen MR) is 96.3 cm³/mol. The first kappa shape index (κ1) is 14.6. The molecule has 0 fully saturated rings. The highest BCUT2D eigenvalue weighted by atomic mass is 32.1. The van der Waals surface area contributed by atoms with Crippen LogP contribution in [-0.2, 0) is 0 Å². The molecule has 1 amide bonds. The average Bonchev–Trinajstić information content (AvgIpc) is 3.15. The largest absolute Gasteiger partial charge is 0.298 e. The molecule has 0 unspecified atom stereocenters. The van der Waals surface area contributed by atoms with Crippen LogP contribution in [0.25, 0.3) is 21.6 Å². The number of aryl methyl sites for hydroxylation is 1. The summed E-state index contributed by atoms with van der Waals surface area (Å²) in [6, 6.07) is 17.4. The molecule has 0 atom stereocenters. The van der Waals surface area contributed by atoms with Crippen molar-refractivity contribution in [1.82, 2.24) is 15.2 Å². The molecule has 0 saturated carbocycles. The van der Waals surface area contributed by atoms with Crippen LogP contribution in [0.15, 0.2) is 54.6 Å². The Hall–Kier alpha value is -2.99. The van der Waals surface area contributed by atoms with Crippen molar-refractivity contribution >= 4 is 32.7 Å². The van der Waals surface area contributed by atoms with E-state index in [1.54, 1.807) is 6.07 Å². The molecule has 24 heavy (non-hydrogen) atoms. The third-order valence-electron chi connectivity index (χ3n) is 3.66. The quantitative estimate of drug-likeness (QED) is 0.588. The molecule has 5 nitrogen and oxygen atoms in total. The molecule has 0 saturated heterocycles. The fraction of sp³-hybridized carbons (Fsp3) is 0.0556. The minimum atomic E-state index is -0.163. The van der Waals surface area contributed by atoms with Gasteiger partial charge in [-0.25, -0.2) is 4.98 Å². The van der Waals surface area contributed by atoms with E-state index in [0.717, 1.165) is 21.5 Å². The van der Waals surface area contributed by atoms with Gasteiger partial charge in [0, 0.05) is 11.1 Å². The second-order valence-electron chi connectivity index (χ2n) is 5.46. The Labute approximate surface area is 142 Å². The van der Waals surface area contributed by atoms with E-state index in [1.807, 2.05) is 55.5 Å². The van der Waals surface area contributed by atoms with Gasteiger partial charge in [-0.2, -0.15) is 5.10 Å². The lowest BCUT2D eigenvalue weighted by molar-refractivity contribution is 0.102. The van der Waals surface area contributed by atoms with Crippen LogP contribution >= 0.6 is 11.3 Å². The van der Waals surface area contributed by atoms with E-state index in [-0.39, 0.29) is 5.91 Å². The van der Waals surface area contributed by atoms with E-state index in [4.69, 9.17) is 0 Å². The minimum Gasteiger partial charge on any atom is -0.298 e. The van der Waals surface area contributed by atoms with Gasteiger partial charge in [-0.1, -0.05) is 59.4 Å². The molecule has 118 valence electrons. The van der Waals surface area contributed by atoms with Crippen LogP contribution in [0.3, 0.4) is 0 Å². The predicted octanol–water partition coefficient (Wildman–Crippen LogP) is 4.25. The molecule has 2 aromatic heterocycles. The normalized spacial score (nSPS) is 10.9. The van der Waals surface area contributed by atoms with Gasteiger partial charge in [0.15, 0.2) is 10.8 Å². The van der Waals surface area contributed by atoms with Gasteiger partial charge in [-0.3, -0.25) is 15.2 Å². The van der Waals surface area contributed by atoms with Gasteiger partial charge in [0.2, 0.25) is 0 Å². The summed E-state index contributed by atoms with van der Waals surface area (Å²) in [6.07, 6.45) is 0. The first-order valence-corrected chi connectivity index (χ1v) is 8.31. The summed E-state index contributed by atoms with van der Waals surface area (Å²) in [5.41, 5.74) is 4.21. The van der Waals surface area contributed by atoms with E-state index in [9.17, 15) is 4.79 Å². The summed E-state index contributed by atoms with van der Waals surface area (Å²) in [7, 11) is 0. The monoisotopic (exact) mass is 334 g/mol. The van der Waals surface area contributed by atoms with Crippen LogP contribution in [0.5, 0.6) is 0 Å². The fourth-order valence-electron chi connectivity index (χ4n) is 2.52. The van der Waals surface area contributed by atoms with Crippen molar-refractivity contribution in [2.75, 3.05) is 5.32 Å². The van der Waals surface area contributed by atoms with Gasteiger partial charge in [0.1, 0.15) is 10.4 Å². The van der Waals surface area contributed by atoms with Crippen LogP contribution < -0.4 is 5.32 Å². The number of nitrogens with one attached hydrogen (secondary N) is 2. The number of anilines is 1. The molecule has 0 bridgehead atoms. The molecule has 4 aromatic rings. The van der Waals surface area contributed by atoms with Crippen molar-refractivity contribution in [2.24, 2.45) is 0 Å². The number of aromatic nitrogens is 3. The standard InChI is InChI=1S/C18H14N4OS/c1-11-6-5-9-13(10-11)17(23)20-18-19-16-15(24-18)14(21-22-16)12-7-3-2-4-8-12/h2-10H,1H3,(H2,19,20,21,22,23). The van der Waals surface area contributed by atoms with Crippen LogP contribution in [0.1, 0.15) is 15.9 Å². The maximum atomic E-state index is 12.3. The number of rotatable bonds is 3. The van der Waals surface area contributed by atoms with Crippen molar-refractivity contribution < 1.29 is 4.79 Å². The summed E-state index contributed by atoms with van der Waals surface area (Å²) in [5.74, 6) is -0.163. The van der Waals surface area contributed by atoms with Crippen LogP contribution in [0, 0.1) is 6.92 Å². The Balaban J connectivity index is 1.64. The van der Waals surface area contributed by atoms with Gasteiger partial charge in [-0.05, 0) is 19.1 Å². The van der Waals surface area contributed by atoms with Crippen LogP contribution in [0.2, 0.25) is 0 Å². The number of carbonyl (C=O) groups excluding carboxylic acids is 1. The Morgan fingerprint density at radius 2 is 1.96 bits per heavy atom. The van der Waals surface area contributed by atoms with Crippen molar-refractivity contribution in [3.8, 4) is 11.3 Å². The van der Waals surface area contributed by atoms with E-state index >= 15 is 0 Å². The van der Waals surface area contributed by atoms with Crippen LogP contribution in [0.4, 0.5) is 5.13 Å². The Morgan fingerprint density at radius 1 is 1.12 bits per heavy atom. The average molecular weight is 334 g/mol. The summed E-state index contributed by atoms with van der Waals surface area (Å²) in [6.45, 7) is 1.96. The molecule has 4 rings (SSSR count). The number of fused-ring (bicyclic) bond motifs is 1. The third-order valence-corrected chi connectivity index (χ3v) is 4.64. The smallest absolute Gasteiger partial charge is 0.257 e. The summed E-state index contributed by atoms with van der Waals surface area (Å²) in [5, 5.41) is 10.7. The number of thiazole rings is 1. The van der Waals surface area contributed by atoms with Crippen molar-refractivity contribution in [3.63, 3.8) is 0 Å². The molecule has 0 aliphatic rings. The molecule has 6 heteroatoms. The van der Waals surface area contributed by atoms with E-state index in [2.05, 4.69) is 20.5 Å². The van der Waals surface area contributed by atoms with Crippen molar-refractivity contribution in [1.29, 1.82) is 0 Å². The molecule has 0 spiro atoms. The molecular weight excluding hydrogens is 320 g/mol. The van der Waals surface area contributed by atoms with Crippen molar-refractivity contribution in [2.45, 2.75) is 6.92 Å². The summed E-state index contributed by atoms with van der Waals surface area (Å²) < 4.78 is 0.931.